The minimum absolute atomic E-state index is 0.0309. The number of allylic oxidation sites excluding steroid dienone is 1. The summed E-state index contributed by atoms with van der Waals surface area (Å²) >= 11 is 3.44. The number of esters is 1. The molecule has 2 aromatic carbocycles. The fourth-order valence-electron chi connectivity index (χ4n) is 3.87. The quantitative estimate of drug-likeness (QED) is 0.503. The van der Waals surface area contributed by atoms with E-state index >= 15 is 0 Å². The number of fused-ring (bicyclic) bond motifs is 1. The van der Waals surface area contributed by atoms with Crippen LogP contribution in [0.1, 0.15) is 29.3 Å². The first-order valence-electron chi connectivity index (χ1n) is 9.65. The molecule has 1 fully saturated rings. The molecule has 2 aliphatic rings. The highest BCUT2D eigenvalue weighted by atomic mass is 79.9. The maximum absolute atomic E-state index is 13.2. The number of benzene rings is 2. The zero-order valence-corrected chi connectivity index (χ0v) is 17.6. The molecule has 5 nitrogen and oxygen atoms in total. The lowest BCUT2D eigenvalue weighted by atomic mass is 9.95. The molecule has 3 atom stereocenters. The molecular formula is C23H21BrN2O3. The van der Waals surface area contributed by atoms with E-state index in [0.29, 0.717) is 18.6 Å². The van der Waals surface area contributed by atoms with Gasteiger partial charge in [-0.25, -0.2) is 0 Å². The molecule has 6 heteroatoms. The van der Waals surface area contributed by atoms with Gasteiger partial charge in [-0.15, -0.1) is 0 Å². The predicted molar refractivity (Wildman–Crippen MR) is 115 cm³/mol. The highest BCUT2D eigenvalue weighted by Crippen LogP contribution is 2.36. The average Bonchev–Trinajstić information content (AvgIpc) is 3.13. The summed E-state index contributed by atoms with van der Waals surface area (Å²) in [7, 11) is 0. The van der Waals surface area contributed by atoms with E-state index in [1.807, 2.05) is 54.6 Å². The molecule has 0 bridgehead atoms. The van der Waals surface area contributed by atoms with Crippen LogP contribution in [0.4, 0.5) is 0 Å². The molecule has 0 spiro atoms. The molecule has 0 unspecified atom stereocenters. The maximum Gasteiger partial charge on any atom is 0.311 e. The first-order valence-corrected chi connectivity index (χ1v) is 10.4. The predicted octanol–water partition coefficient (Wildman–Crippen LogP) is 4.23. The molecule has 0 radical (unpaired) electrons. The number of carbonyl (C=O) groups is 2. The van der Waals surface area contributed by atoms with Crippen LogP contribution >= 0.6 is 15.9 Å². The summed E-state index contributed by atoms with van der Waals surface area (Å²) in [5.41, 5.74) is 2.34. The van der Waals surface area contributed by atoms with Gasteiger partial charge in [-0.05, 0) is 31.6 Å². The lowest BCUT2D eigenvalue weighted by molar-refractivity contribution is -0.148. The first kappa shape index (κ1) is 19.6. The summed E-state index contributed by atoms with van der Waals surface area (Å²) in [5, 5.41) is 6.57. The Labute approximate surface area is 178 Å². The molecule has 2 aliphatic heterocycles. The first-order chi connectivity index (χ1) is 14.1. The lowest BCUT2D eigenvalue weighted by Crippen LogP contribution is -2.40. The van der Waals surface area contributed by atoms with E-state index in [1.165, 1.54) is 0 Å². The smallest absolute Gasteiger partial charge is 0.311 e. The largest absolute Gasteiger partial charge is 0.466 e. The Morgan fingerprint density at radius 3 is 2.55 bits per heavy atom. The van der Waals surface area contributed by atoms with E-state index in [-0.39, 0.29) is 17.8 Å². The van der Waals surface area contributed by atoms with E-state index in [0.717, 1.165) is 15.7 Å². The van der Waals surface area contributed by atoms with Gasteiger partial charge in [-0.2, -0.15) is 5.10 Å². The fourth-order valence-corrected chi connectivity index (χ4v) is 4.13. The van der Waals surface area contributed by atoms with E-state index in [4.69, 9.17) is 9.84 Å². The van der Waals surface area contributed by atoms with Gasteiger partial charge in [-0.1, -0.05) is 64.5 Å². The van der Waals surface area contributed by atoms with Crippen molar-refractivity contribution in [2.75, 3.05) is 6.61 Å². The van der Waals surface area contributed by atoms with Gasteiger partial charge in [0.1, 0.15) is 6.04 Å². The van der Waals surface area contributed by atoms with Crippen molar-refractivity contribution >= 4 is 33.4 Å². The summed E-state index contributed by atoms with van der Waals surface area (Å²) in [6.07, 6.45) is 4.27. The molecule has 2 aromatic rings. The summed E-state index contributed by atoms with van der Waals surface area (Å²) < 4.78 is 6.26. The molecule has 148 valence electrons. The van der Waals surface area contributed by atoms with Gasteiger partial charge >= 0.3 is 5.97 Å². The second-order valence-corrected chi connectivity index (χ2v) is 7.98. The Hall–Kier alpha value is -2.73. The molecule has 2 heterocycles. The van der Waals surface area contributed by atoms with Crippen molar-refractivity contribution in [3.63, 3.8) is 0 Å². The normalized spacial score (nSPS) is 22.8. The van der Waals surface area contributed by atoms with Gasteiger partial charge in [0.05, 0.1) is 24.3 Å². The maximum atomic E-state index is 13.2. The molecule has 0 amide bonds. The average molecular weight is 453 g/mol. The van der Waals surface area contributed by atoms with Crippen LogP contribution in [-0.4, -0.2) is 41.2 Å². The zero-order valence-electron chi connectivity index (χ0n) is 16.0. The second kappa shape index (κ2) is 8.33. The summed E-state index contributed by atoms with van der Waals surface area (Å²) in [6, 6.07) is 16.2. The Morgan fingerprint density at radius 2 is 1.86 bits per heavy atom. The number of Topliss-reactive ketones (excluding diaryl/α,β-unsaturated/α-hetero) is 1. The van der Waals surface area contributed by atoms with Crippen molar-refractivity contribution in [2.24, 2.45) is 11.0 Å². The van der Waals surface area contributed by atoms with Crippen molar-refractivity contribution in [2.45, 2.75) is 25.4 Å². The Bertz CT molecular complexity index is 969. The number of hydrogen-bond donors (Lipinski definition) is 0. The number of hydrogen-bond acceptors (Lipinski definition) is 5. The van der Waals surface area contributed by atoms with Crippen LogP contribution in [0.5, 0.6) is 0 Å². The molecule has 0 aliphatic carbocycles. The summed E-state index contributed by atoms with van der Waals surface area (Å²) in [4.78, 5) is 25.8. The second-order valence-electron chi connectivity index (χ2n) is 7.06. The van der Waals surface area contributed by atoms with Crippen molar-refractivity contribution in [1.29, 1.82) is 0 Å². The molecule has 0 saturated carbocycles. The highest BCUT2D eigenvalue weighted by Gasteiger charge is 2.48. The third kappa shape index (κ3) is 3.90. The van der Waals surface area contributed by atoms with Crippen molar-refractivity contribution in [1.82, 2.24) is 5.01 Å². The molecule has 1 saturated heterocycles. The van der Waals surface area contributed by atoms with Gasteiger partial charge in [-0.3, -0.25) is 14.6 Å². The van der Waals surface area contributed by atoms with E-state index in [1.54, 1.807) is 24.1 Å². The SMILES string of the molecule is CCOC(=O)[C@H]1C[C@@H](C(=O)c2ccccc2)N2N=C(c3ccc(Br)cc3)C=C[C@H]12. The number of hydrazone groups is 1. The van der Waals surface area contributed by atoms with Gasteiger partial charge in [0.25, 0.3) is 0 Å². The van der Waals surface area contributed by atoms with Crippen LogP contribution in [0, 0.1) is 5.92 Å². The van der Waals surface area contributed by atoms with Crippen molar-refractivity contribution < 1.29 is 14.3 Å². The molecule has 0 aromatic heterocycles. The number of carbonyl (C=O) groups excluding carboxylic acids is 2. The van der Waals surface area contributed by atoms with E-state index < -0.39 is 12.0 Å². The molecule has 29 heavy (non-hydrogen) atoms. The topological polar surface area (TPSA) is 59.0 Å². The van der Waals surface area contributed by atoms with Crippen LogP contribution in [0.2, 0.25) is 0 Å². The Kier molecular flexibility index (Phi) is 5.62. The van der Waals surface area contributed by atoms with E-state index in [9.17, 15) is 9.59 Å². The molecule has 4 rings (SSSR count). The Balaban J connectivity index is 1.69. The minimum Gasteiger partial charge on any atom is -0.466 e. The standard InChI is InChI=1S/C23H21BrN2O3/c1-2-29-23(28)18-14-21(22(27)16-6-4-3-5-7-16)26-20(18)13-12-19(25-26)15-8-10-17(24)11-9-15/h3-13,18,20-21H,2,14H2,1H3/t18-,20+,21-/m0/s1. The van der Waals surface area contributed by atoms with Gasteiger partial charge in [0, 0.05) is 15.6 Å². The number of rotatable bonds is 5. The third-order valence-electron chi connectivity index (χ3n) is 5.28. The van der Waals surface area contributed by atoms with Crippen LogP contribution in [0.25, 0.3) is 0 Å². The number of ketones is 1. The van der Waals surface area contributed by atoms with Gasteiger partial charge in [0.2, 0.25) is 0 Å². The number of halogens is 1. The van der Waals surface area contributed by atoms with Gasteiger partial charge < -0.3 is 4.74 Å². The van der Waals surface area contributed by atoms with Crippen molar-refractivity contribution in [3.8, 4) is 0 Å². The molecular weight excluding hydrogens is 432 g/mol. The lowest BCUT2D eigenvalue weighted by Gasteiger charge is -2.29. The Morgan fingerprint density at radius 1 is 1.14 bits per heavy atom. The van der Waals surface area contributed by atoms with E-state index in [2.05, 4.69) is 15.9 Å². The molecule has 0 N–H and O–H groups in total. The van der Waals surface area contributed by atoms with Crippen LogP contribution in [-0.2, 0) is 9.53 Å². The number of ether oxygens (including phenoxy) is 1. The third-order valence-corrected chi connectivity index (χ3v) is 5.81. The highest BCUT2D eigenvalue weighted by molar-refractivity contribution is 9.10. The van der Waals surface area contributed by atoms with Crippen molar-refractivity contribution in [3.05, 3.63) is 82.3 Å². The number of nitrogens with zero attached hydrogens (tertiary/aromatic N) is 2. The summed E-state index contributed by atoms with van der Waals surface area (Å²) in [6.45, 7) is 2.11. The van der Waals surface area contributed by atoms with Crippen LogP contribution < -0.4 is 0 Å². The van der Waals surface area contributed by atoms with Gasteiger partial charge in [0.15, 0.2) is 5.78 Å². The van der Waals surface area contributed by atoms with Crippen LogP contribution in [0.15, 0.2) is 76.3 Å². The fraction of sp³-hybridized carbons (Fsp3) is 0.261. The minimum atomic E-state index is -0.507. The summed E-state index contributed by atoms with van der Waals surface area (Å²) in [5.74, 6) is -0.728. The monoisotopic (exact) mass is 452 g/mol. The van der Waals surface area contributed by atoms with Crippen LogP contribution in [0.3, 0.4) is 0 Å². The zero-order chi connectivity index (χ0) is 20.4.